The molecule has 2 aromatic carbocycles. The van der Waals surface area contributed by atoms with Gasteiger partial charge in [-0.1, -0.05) is 24.3 Å². The van der Waals surface area contributed by atoms with Crippen molar-refractivity contribution in [3.63, 3.8) is 0 Å². The van der Waals surface area contributed by atoms with Crippen LogP contribution in [0.3, 0.4) is 0 Å². The summed E-state index contributed by atoms with van der Waals surface area (Å²) in [5.41, 5.74) is 0.624. The maximum Gasteiger partial charge on any atom is 0.308 e. The molecule has 5 nitrogen and oxygen atoms in total. The van der Waals surface area contributed by atoms with Gasteiger partial charge >= 0.3 is 5.97 Å². The van der Waals surface area contributed by atoms with Crippen molar-refractivity contribution in [2.24, 2.45) is 0 Å². The molecule has 2 aromatic rings. The Bertz CT molecular complexity index is 746. The van der Waals surface area contributed by atoms with E-state index in [9.17, 15) is 14.0 Å². The van der Waals surface area contributed by atoms with Crippen molar-refractivity contribution < 1.29 is 23.5 Å². The molecule has 26 heavy (non-hydrogen) atoms. The Morgan fingerprint density at radius 3 is 2.35 bits per heavy atom. The average Bonchev–Trinajstić information content (AvgIpc) is 2.62. The molecule has 0 aliphatic carbocycles. The number of nitrogens with one attached hydrogen (secondary N) is 1. The highest BCUT2D eigenvalue weighted by Crippen LogP contribution is 2.22. The van der Waals surface area contributed by atoms with E-state index in [4.69, 9.17) is 9.47 Å². The summed E-state index contributed by atoms with van der Waals surface area (Å²) < 4.78 is 24.2. The summed E-state index contributed by atoms with van der Waals surface area (Å²) in [6, 6.07) is 12.1. The minimum atomic E-state index is -0.642. The maximum atomic E-state index is 13.8. The Labute approximate surface area is 152 Å². The fourth-order valence-corrected chi connectivity index (χ4v) is 2.48. The first kappa shape index (κ1) is 19.4. The van der Waals surface area contributed by atoms with E-state index < -0.39 is 23.7 Å². The van der Waals surface area contributed by atoms with E-state index in [1.165, 1.54) is 18.2 Å². The van der Waals surface area contributed by atoms with Crippen LogP contribution in [0.25, 0.3) is 0 Å². The third-order valence-electron chi connectivity index (χ3n) is 3.69. The quantitative estimate of drug-likeness (QED) is 0.731. The van der Waals surface area contributed by atoms with Gasteiger partial charge in [0.1, 0.15) is 11.6 Å². The van der Waals surface area contributed by atoms with E-state index in [1.54, 1.807) is 37.3 Å². The van der Waals surface area contributed by atoms with Gasteiger partial charge in [0.15, 0.2) is 0 Å². The van der Waals surface area contributed by atoms with Crippen LogP contribution in [0.4, 0.5) is 4.39 Å². The van der Waals surface area contributed by atoms with Gasteiger partial charge < -0.3 is 14.8 Å². The lowest BCUT2D eigenvalue weighted by molar-refractivity contribution is -0.143. The van der Waals surface area contributed by atoms with Crippen molar-refractivity contribution in [3.8, 4) is 5.75 Å². The van der Waals surface area contributed by atoms with Crippen LogP contribution in [0.2, 0.25) is 0 Å². The third kappa shape index (κ3) is 5.31. The van der Waals surface area contributed by atoms with Gasteiger partial charge in [-0.05, 0) is 43.7 Å². The van der Waals surface area contributed by atoms with E-state index in [0.717, 1.165) is 0 Å². The van der Waals surface area contributed by atoms with Gasteiger partial charge in [0.2, 0.25) is 0 Å². The number of hydrogen-bond donors (Lipinski definition) is 1. The maximum absolute atomic E-state index is 13.8. The van der Waals surface area contributed by atoms with E-state index in [2.05, 4.69) is 5.32 Å². The zero-order chi connectivity index (χ0) is 18.9. The van der Waals surface area contributed by atoms with Crippen LogP contribution in [-0.2, 0) is 9.53 Å². The fourth-order valence-electron chi connectivity index (χ4n) is 2.48. The second kappa shape index (κ2) is 9.56. The van der Waals surface area contributed by atoms with Crippen LogP contribution in [0.5, 0.6) is 5.75 Å². The number of carbonyl (C=O) groups excluding carboxylic acids is 2. The first-order chi connectivity index (χ1) is 12.5. The molecule has 0 aliphatic rings. The number of rotatable bonds is 8. The summed E-state index contributed by atoms with van der Waals surface area (Å²) in [4.78, 5) is 24.3. The van der Waals surface area contributed by atoms with E-state index in [1.807, 2.05) is 6.92 Å². The Hall–Kier alpha value is -2.89. The number of carbonyl (C=O) groups is 2. The minimum absolute atomic E-state index is 0.0536. The molecule has 0 unspecified atom stereocenters. The Kier molecular flexibility index (Phi) is 7.14. The predicted octanol–water partition coefficient (Wildman–Crippen LogP) is 3.65. The van der Waals surface area contributed by atoms with Crippen LogP contribution in [0.15, 0.2) is 48.5 Å². The number of benzene rings is 2. The van der Waals surface area contributed by atoms with Crippen LogP contribution in [0.1, 0.15) is 42.2 Å². The Morgan fingerprint density at radius 1 is 1.04 bits per heavy atom. The monoisotopic (exact) mass is 359 g/mol. The van der Waals surface area contributed by atoms with Crippen LogP contribution in [0, 0.1) is 5.82 Å². The van der Waals surface area contributed by atoms with Crippen molar-refractivity contribution in [1.82, 2.24) is 5.32 Å². The zero-order valence-electron chi connectivity index (χ0n) is 14.8. The van der Waals surface area contributed by atoms with E-state index in [-0.39, 0.29) is 18.6 Å². The third-order valence-corrected chi connectivity index (χ3v) is 3.69. The van der Waals surface area contributed by atoms with Crippen molar-refractivity contribution in [3.05, 3.63) is 65.5 Å². The van der Waals surface area contributed by atoms with Crippen molar-refractivity contribution in [1.29, 1.82) is 0 Å². The highest BCUT2D eigenvalue weighted by Gasteiger charge is 2.21. The molecule has 0 spiro atoms. The fraction of sp³-hybridized carbons (Fsp3) is 0.300. The Morgan fingerprint density at radius 2 is 1.73 bits per heavy atom. The normalized spacial score (nSPS) is 11.5. The van der Waals surface area contributed by atoms with Crippen molar-refractivity contribution >= 4 is 11.9 Å². The lowest BCUT2D eigenvalue weighted by atomic mass is 10.0. The summed E-state index contributed by atoms with van der Waals surface area (Å²) in [6.07, 6.45) is -0.0536. The highest BCUT2D eigenvalue weighted by molar-refractivity contribution is 5.95. The molecule has 6 heteroatoms. The lowest BCUT2D eigenvalue weighted by Crippen LogP contribution is -2.31. The van der Waals surface area contributed by atoms with E-state index >= 15 is 0 Å². The number of ether oxygens (including phenoxy) is 2. The van der Waals surface area contributed by atoms with Gasteiger partial charge in [-0.15, -0.1) is 0 Å². The number of hydrogen-bond acceptors (Lipinski definition) is 4. The second-order valence-corrected chi connectivity index (χ2v) is 5.52. The number of amides is 1. The molecule has 0 saturated heterocycles. The van der Waals surface area contributed by atoms with Crippen molar-refractivity contribution in [2.75, 3.05) is 13.2 Å². The molecule has 1 amide bonds. The molecular weight excluding hydrogens is 337 g/mol. The predicted molar refractivity (Wildman–Crippen MR) is 95.5 cm³/mol. The van der Waals surface area contributed by atoms with Gasteiger partial charge in [0.05, 0.1) is 31.2 Å². The van der Waals surface area contributed by atoms with Crippen LogP contribution in [-0.4, -0.2) is 25.1 Å². The second-order valence-electron chi connectivity index (χ2n) is 5.52. The van der Waals surface area contributed by atoms with E-state index in [0.29, 0.717) is 17.9 Å². The molecule has 0 radical (unpaired) electrons. The Balaban J connectivity index is 2.21. The smallest absolute Gasteiger partial charge is 0.308 e. The molecular formula is C20H22FNO4. The van der Waals surface area contributed by atoms with Gasteiger partial charge in [-0.2, -0.15) is 0 Å². The first-order valence-corrected chi connectivity index (χ1v) is 8.48. The summed E-state index contributed by atoms with van der Waals surface area (Å²) >= 11 is 0. The van der Waals surface area contributed by atoms with Gasteiger partial charge in [-0.25, -0.2) is 4.39 Å². The first-order valence-electron chi connectivity index (χ1n) is 8.48. The average molecular weight is 359 g/mol. The van der Waals surface area contributed by atoms with Gasteiger partial charge in [0, 0.05) is 0 Å². The van der Waals surface area contributed by atoms with Crippen LogP contribution >= 0.6 is 0 Å². The summed E-state index contributed by atoms with van der Waals surface area (Å²) in [5, 5.41) is 2.71. The molecule has 1 N–H and O–H groups in total. The number of halogens is 1. The molecule has 0 bridgehead atoms. The molecule has 1 atom stereocenters. The van der Waals surface area contributed by atoms with Gasteiger partial charge in [-0.3, -0.25) is 9.59 Å². The standard InChI is InChI=1S/C20H22FNO4/c1-3-25-15-11-9-14(10-12-15)18(13-19(23)26-4-2)22-20(24)16-7-5-6-8-17(16)21/h5-12,18H,3-4,13H2,1-2H3,(H,22,24)/t18-/m0/s1. The van der Waals surface area contributed by atoms with Crippen LogP contribution < -0.4 is 10.1 Å². The minimum Gasteiger partial charge on any atom is -0.494 e. The molecule has 0 fully saturated rings. The van der Waals surface area contributed by atoms with Crippen molar-refractivity contribution in [2.45, 2.75) is 26.3 Å². The molecule has 0 aliphatic heterocycles. The SMILES string of the molecule is CCOC(=O)C[C@H](NC(=O)c1ccccc1F)c1ccc(OCC)cc1. The van der Waals surface area contributed by atoms with Gasteiger partial charge in [0.25, 0.3) is 5.91 Å². The molecule has 2 rings (SSSR count). The number of esters is 1. The summed E-state index contributed by atoms with van der Waals surface area (Å²) in [5.74, 6) is -0.968. The molecule has 0 heterocycles. The summed E-state index contributed by atoms with van der Waals surface area (Å²) in [6.45, 7) is 4.37. The largest absolute Gasteiger partial charge is 0.494 e. The zero-order valence-corrected chi connectivity index (χ0v) is 14.8. The molecule has 0 aromatic heterocycles. The topological polar surface area (TPSA) is 64.6 Å². The molecule has 0 saturated carbocycles. The highest BCUT2D eigenvalue weighted by atomic mass is 19.1. The molecule has 138 valence electrons. The lowest BCUT2D eigenvalue weighted by Gasteiger charge is -2.19. The summed E-state index contributed by atoms with van der Waals surface area (Å²) in [7, 11) is 0.